The highest BCUT2D eigenvalue weighted by atomic mass is 16.6. The van der Waals surface area contributed by atoms with E-state index in [9.17, 15) is 10.1 Å². The standard InChI is InChI=1S/C11H8N6O3/c18-17(19)9-8(11-16-12-6-20-11)14-15-10(9)13-7-4-2-1-3-5-7/h1-6,9H,(H,13,15). The molecule has 0 saturated carbocycles. The first-order valence-corrected chi connectivity index (χ1v) is 5.63. The van der Waals surface area contributed by atoms with E-state index in [4.69, 9.17) is 4.42 Å². The number of hydrogen-bond donors (Lipinski definition) is 1. The van der Waals surface area contributed by atoms with Crippen LogP contribution in [0.5, 0.6) is 0 Å². The summed E-state index contributed by atoms with van der Waals surface area (Å²) < 4.78 is 4.94. The molecule has 1 aromatic heterocycles. The molecule has 0 spiro atoms. The Bertz CT molecular complexity index is 679. The molecule has 2 aromatic rings. The Morgan fingerprint density at radius 3 is 2.80 bits per heavy atom. The van der Waals surface area contributed by atoms with Crippen molar-refractivity contribution in [1.82, 2.24) is 15.6 Å². The first kappa shape index (κ1) is 12.0. The molecular formula is C11H8N6O3. The van der Waals surface area contributed by atoms with Gasteiger partial charge in [-0.2, -0.15) is 5.10 Å². The fraction of sp³-hybridized carbons (Fsp3) is 0.0909. The van der Waals surface area contributed by atoms with E-state index in [-0.39, 0.29) is 17.4 Å². The fourth-order valence-corrected chi connectivity index (χ4v) is 1.75. The van der Waals surface area contributed by atoms with Crippen molar-refractivity contribution in [2.24, 2.45) is 10.1 Å². The van der Waals surface area contributed by atoms with Crippen LogP contribution in [0.3, 0.4) is 0 Å². The maximum Gasteiger partial charge on any atom is 0.319 e. The highest BCUT2D eigenvalue weighted by Gasteiger charge is 2.42. The second kappa shape index (κ2) is 4.88. The third kappa shape index (κ3) is 2.11. The van der Waals surface area contributed by atoms with Gasteiger partial charge in [-0.3, -0.25) is 15.5 Å². The molecule has 0 bridgehead atoms. The summed E-state index contributed by atoms with van der Waals surface area (Å²) >= 11 is 0. The maximum absolute atomic E-state index is 11.2. The lowest BCUT2D eigenvalue weighted by atomic mass is 10.2. The molecule has 1 aliphatic rings. The lowest BCUT2D eigenvalue weighted by Gasteiger charge is -2.03. The normalized spacial score (nSPS) is 19.7. The Balaban J connectivity index is 1.96. The molecule has 100 valence electrons. The van der Waals surface area contributed by atoms with E-state index in [1.807, 2.05) is 6.07 Å². The van der Waals surface area contributed by atoms with E-state index in [1.165, 1.54) is 0 Å². The van der Waals surface area contributed by atoms with Crippen molar-refractivity contribution in [2.45, 2.75) is 6.04 Å². The molecule has 0 aliphatic carbocycles. The summed E-state index contributed by atoms with van der Waals surface area (Å²) in [5, 5.41) is 22.2. The van der Waals surface area contributed by atoms with Crippen LogP contribution in [0.2, 0.25) is 0 Å². The van der Waals surface area contributed by atoms with Crippen molar-refractivity contribution in [2.75, 3.05) is 0 Å². The second-order valence-corrected chi connectivity index (χ2v) is 3.87. The van der Waals surface area contributed by atoms with Gasteiger partial charge in [-0.1, -0.05) is 18.2 Å². The Kier molecular flexibility index (Phi) is 2.92. The van der Waals surface area contributed by atoms with Crippen molar-refractivity contribution in [3.05, 3.63) is 52.7 Å². The van der Waals surface area contributed by atoms with Crippen LogP contribution in [0.15, 0.2) is 51.2 Å². The molecule has 1 N–H and O–H groups in total. The predicted octanol–water partition coefficient (Wildman–Crippen LogP) is 0.752. The van der Waals surface area contributed by atoms with Crippen molar-refractivity contribution in [3.8, 4) is 0 Å². The van der Waals surface area contributed by atoms with E-state index in [1.54, 1.807) is 24.3 Å². The summed E-state index contributed by atoms with van der Waals surface area (Å²) in [5.74, 6) is 0.104. The number of benzene rings is 1. The molecule has 0 saturated heterocycles. The Morgan fingerprint density at radius 2 is 2.15 bits per heavy atom. The number of aliphatic imine (C=N–C) groups is 1. The van der Waals surface area contributed by atoms with Crippen LogP contribution in [-0.4, -0.2) is 32.7 Å². The van der Waals surface area contributed by atoms with Crippen LogP contribution in [0.1, 0.15) is 5.89 Å². The summed E-state index contributed by atoms with van der Waals surface area (Å²) in [5.41, 5.74) is 3.17. The van der Waals surface area contributed by atoms with E-state index in [2.05, 4.69) is 25.7 Å². The first-order chi connectivity index (χ1) is 9.75. The van der Waals surface area contributed by atoms with E-state index >= 15 is 0 Å². The van der Waals surface area contributed by atoms with Gasteiger partial charge in [-0.25, -0.2) is 4.99 Å². The molecular weight excluding hydrogens is 264 g/mol. The van der Waals surface area contributed by atoms with E-state index < -0.39 is 11.0 Å². The Labute approximate surface area is 112 Å². The summed E-state index contributed by atoms with van der Waals surface area (Å²) in [4.78, 5) is 14.9. The smallest absolute Gasteiger partial charge is 0.319 e. The van der Waals surface area contributed by atoms with Crippen molar-refractivity contribution in [3.63, 3.8) is 0 Å². The highest BCUT2D eigenvalue weighted by molar-refractivity contribution is 6.18. The van der Waals surface area contributed by atoms with Gasteiger partial charge in [0.05, 0.1) is 5.69 Å². The van der Waals surface area contributed by atoms with Gasteiger partial charge < -0.3 is 4.42 Å². The zero-order valence-corrected chi connectivity index (χ0v) is 10.0. The van der Waals surface area contributed by atoms with Crippen LogP contribution >= 0.6 is 0 Å². The van der Waals surface area contributed by atoms with Crippen LogP contribution in [-0.2, 0) is 0 Å². The molecule has 0 amide bonds. The number of para-hydroxylation sites is 1. The number of nitrogens with zero attached hydrogens (tertiary/aromatic N) is 5. The summed E-state index contributed by atoms with van der Waals surface area (Å²) in [6.07, 6.45) is 1.08. The molecule has 0 radical (unpaired) electrons. The zero-order chi connectivity index (χ0) is 13.9. The largest absolute Gasteiger partial charge is 0.422 e. The van der Waals surface area contributed by atoms with E-state index in [0.29, 0.717) is 5.69 Å². The van der Waals surface area contributed by atoms with Gasteiger partial charge in [0.25, 0.3) is 5.89 Å². The van der Waals surface area contributed by atoms with Crippen LogP contribution in [0.25, 0.3) is 0 Å². The number of hydrazone groups is 1. The van der Waals surface area contributed by atoms with Crippen LogP contribution < -0.4 is 5.43 Å². The number of rotatable bonds is 3. The van der Waals surface area contributed by atoms with Gasteiger partial charge in [0.1, 0.15) is 0 Å². The van der Waals surface area contributed by atoms with Gasteiger partial charge in [0.2, 0.25) is 17.9 Å². The maximum atomic E-state index is 11.2. The highest BCUT2D eigenvalue weighted by Crippen LogP contribution is 2.16. The first-order valence-electron chi connectivity index (χ1n) is 5.63. The van der Waals surface area contributed by atoms with Gasteiger partial charge in [0, 0.05) is 4.92 Å². The molecule has 2 heterocycles. The predicted molar refractivity (Wildman–Crippen MR) is 68.3 cm³/mol. The van der Waals surface area contributed by atoms with Crippen LogP contribution in [0.4, 0.5) is 5.69 Å². The number of nitro groups is 1. The van der Waals surface area contributed by atoms with Crippen molar-refractivity contribution >= 4 is 17.2 Å². The molecule has 1 aromatic carbocycles. The Hall–Kier alpha value is -3.10. The zero-order valence-electron chi connectivity index (χ0n) is 10.0. The van der Waals surface area contributed by atoms with Crippen LogP contribution in [0, 0.1) is 10.1 Å². The van der Waals surface area contributed by atoms with Gasteiger partial charge in [0.15, 0.2) is 0 Å². The van der Waals surface area contributed by atoms with Gasteiger partial charge in [-0.15, -0.1) is 10.2 Å². The van der Waals surface area contributed by atoms with Gasteiger partial charge >= 0.3 is 6.04 Å². The molecule has 1 aliphatic heterocycles. The van der Waals surface area contributed by atoms with Crippen molar-refractivity contribution < 1.29 is 9.34 Å². The minimum absolute atomic E-state index is 0.00235. The quantitative estimate of drug-likeness (QED) is 0.650. The Morgan fingerprint density at radius 1 is 1.35 bits per heavy atom. The third-order valence-corrected chi connectivity index (χ3v) is 2.60. The monoisotopic (exact) mass is 272 g/mol. The van der Waals surface area contributed by atoms with E-state index in [0.717, 1.165) is 6.39 Å². The second-order valence-electron chi connectivity index (χ2n) is 3.87. The molecule has 3 rings (SSSR count). The van der Waals surface area contributed by atoms with Crippen molar-refractivity contribution in [1.29, 1.82) is 0 Å². The minimum atomic E-state index is -1.25. The third-order valence-electron chi connectivity index (χ3n) is 2.60. The number of amidine groups is 1. The molecule has 0 fully saturated rings. The molecule has 20 heavy (non-hydrogen) atoms. The summed E-state index contributed by atoms with van der Waals surface area (Å²) in [6, 6.07) is 7.62. The molecule has 1 atom stereocenters. The summed E-state index contributed by atoms with van der Waals surface area (Å²) in [6.45, 7) is 0. The average molecular weight is 272 g/mol. The van der Waals surface area contributed by atoms with Gasteiger partial charge in [-0.05, 0) is 12.1 Å². The SMILES string of the molecule is O=[N+]([O-])C1C(=Nc2ccccc2)NN=C1c1nnco1. The summed E-state index contributed by atoms with van der Waals surface area (Å²) in [7, 11) is 0. The topological polar surface area (TPSA) is 119 Å². The lowest BCUT2D eigenvalue weighted by molar-refractivity contribution is -0.484. The number of hydrogen-bond acceptors (Lipinski definition) is 7. The lowest BCUT2D eigenvalue weighted by Crippen LogP contribution is -2.37. The molecule has 9 heteroatoms. The molecule has 1 unspecified atom stereocenters. The number of aromatic nitrogens is 2. The minimum Gasteiger partial charge on any atom is -0.422 e. The fourth-order valence-electron chi connectivity index (χ4n) is 1.75. The molecule has 9 nitrogen and oxygen atoms in total. The average Bonchev–Trinajstić information content (AvgIpc) is 3.08. The number of nitrogens with one attached hydrogen (secondary N) is 1.